The minimum absolute atomic E-state index is 0.333. The highest BCUT2D eigenvalue weighted by Crippen LogP contribution is 2.30. The minimum atomic E-state index is 0.333. The van der Waals surface area contributed by atoms with E-state index >= 15 is 0 Å². The molecule has 0 radical (unpaired) electrons. The first kappa shape index (κ1) is 12.7. The molecule has 0 amide bonds. The lowest BCUT2D eigenvalue weighted by Gasteiger charge is -2.15. The van der Waals surface area contributed by atoms with Crippen LogP contribution in [0.3, 0.4) is 0 Å². The van der Waals surface area contributed by atoms with Crippen LogP contribution in [-0.2, 0) is 6.42 Å². The molecule has 1 atom stereocenters. The fraction of sp³-hybridized carbons (Fsp3) is 0.400. The van der Waals surface area contributed by atoms with Crippen molar-refractivity contribution in [2.45, 2.75) is 25.3 Å². The number of benzene rings is 1. The molecule has 0 bridgehead atoms. The molecule has 19 heavy (non-hydrogen) atoms. The van der Waals surface area contributed by atoms with E-state index in [4.69, 9.17) is 16.0 Å². The molecule has 2 aromatic rings. The van der Waals surface area contributed by atoms with E-state index in [2.05, 4.69) is 16.9 Å². The van der Waals surface area contributed by atoms with Crippen molar-refractivity contribution in [1.29, 1.82) is 0 Å². The molecule has 3 rings (SSSR count). The number of rotatable bonds is 3. The van der Waals surface area contributed by atoms with Gasteiger partial charge in [0.05, 0.1) is 12.2 Å². The Labute approximate surface area is 118 Å². The van der Waals surface area contributed by atoms with Crippen LogP contribution in [0.25, 0.3) is 0 Å². The van der Waals surface area contributed by atoms with Crippen LogP contribution in [-0.4, -0.2) is 23.5 Å². The molecule has 2 heterocycles. The summed E-state index contributed by atoms with van der Waals surface area (Å²) in [5.74, 6) is 1.71. The van der Waals surface area contributed by atoms with Crippen molar-refractivity contribution < 1.29 is 4.42 Å². The number of hydrogen-bond acceptors (Lipinski definition) is 3. The van der Waals surface area contributed by atoms with Gasteiger partial charge in [0.1, 0.15) is 5.76 Å². The van der Waals surface area contributed by atoms with Crippen molar-refractivity contribution in [2.75, 3.05) is 13.6 Å². The SMILES string of the molecule is CN1CCC[C@@H]1c1ncc(Cc2ccccc2Cl)o1. The van der Waals surface area contributed by atoms with Crippen LogP contribution in [0.4, 0.5) is 0 Å². The third-order valence-electron chi connectivity index (χ3n) is 3.70. The second-order valence-electron chi connectivity index (χ2n) is 5.07. The van der Waals surface area contributed by atoms with Gasteiger partial charge >= 0.3 is 0 Å². The van der Waals surface area contributed by atoms with E-state index in [0.29, 0.717) is 12.5 Å². The Balaban J connectivity index is 1.77. The number of oxazole rings is 1. The van der Waals surface area contributed by atoms with Crippen LogP contribution in [0, 0.1) is 0 Å². The Bertz CT molecular complexity index is 567. The molecule has 0 spiro atoms. The van der Waals surface area contributed by atoms with E-state index in [0.717, 1.165) is 35.2 Å². The Kier molecular flexibility index (Phi) is 3.58. The van der Waals surface area contributed by atoms with Gasteiger partial charge in [0.15, 0.2) is 0 Å². The van der Waals surface area contributed by atoms with Crippen molar-refractivity contribution in [3.8, 4) is 0 Å². The van der Waals surface area contributed by atoms with Gasteiger partial charge in [-0.25, -0.2) is 4.98 Å². The van der Waals surface area contributed by atoms with Crippen LogP contribution in [0.1, 0.15) is 36.1 Å². The second kappa shape index (κ2) is 5.35. The van der Waals surface area contributed by atoms with E-state index in [-0.39, 0.29) is 0 Å². The van der Waals surface area contributed by atoms with Gasteiger partial charge in [-0.05, 0) is 38.1 Å². The lowest BCUT2D eigenvalue weighted by molar-refractivity contribution is 0.264. The fourth-order valence-corrected chi connectivity index (χ4v) is 2.81. The third kappa shape index (κ3) is 2.67. The van der Waals surface area contributed by atoms with Gasteiger partial charge in [-0.15, -0.1) is 0 Å². The summed E-state index contributed by atoms with van der Waals surface area (Å²) in [5, 5.41) is 0.776. The van der Waals surface area contributed by atoms with Gasteiger partial charge in [0, 0.05) is 11.4 Å². The molecule has 1 aromatic heterocycles. The highest BCUT2D eigenvalue weighted by atomic mass is 35.5. The molecule has 0 aliphatic carbocycles. The topological polar surface area (TPSA) is 29.3 Å². The zero-order valence-electron chi connectivity index (χ0n) is 11.0. The van der Waals surface area contributed by atoms with Gasteiger partial charge in [0.25, 0.3) is 0 Å². The molecule has 1 aromatic carbocycles. The quantitative estimate of drug-likeness (QED) is 0.856. The minimum Gasteiger partial charge on any atom is -0.444 e. The fourth-order valence-electron chi connectivity index (χ4n) is 2.61. The van der Waals surface area contributed by atoms with Crippen molar-refractivity contribution in [1.82, 2.24) is 9.88 Å². The van der Waals surface area contributed by atoms with Crippen molar-refractivity contribution in [3.63, 3.8) is 0 Å². The smallest absolute Gasteiger partial charge is 0.211 e. The molecule has 3 nitrogen and oxygen atoms in total. The second-order valence-corrected chi connectivity index (χ2v) is 5.48. The highest BCUT2D eigenvalue weighted by Gasteiger charge is 2.26. The molecule has 0 unspecified atom stereocenters. The molecular weight excluding hydrogens is 260 g/mol. The van der Waals surface area contributed by atoms with Crippen molar-refractivity contribution in [3.05, 3.63) is 52.7 Å². The van der Waals surface area contributed by atoms with Crippen LogP contribution in [0.2, 0.25) is 5.02 Å². The normalized spacial score (nSPS) is 20.0. The van der Waals surface area contributed by atoms with Gasteiger partial charge in [-0.1, -0.05) is 29.8 Å². The molecular formula is C15H17ClN2O. The van der Waals surface area contributed by atoms with E-state index in [1.165, 1.54) is 6.42 Å². The van der Waals surface area contributed by atoms with Crippen LogP contribution in [0.15, 0.2) is 34.9 Å². The Morgan fingerprint density at radius 2 is 2.26 bits per heavy atom. The summed E-state index contributed by atoms with van der Waals surface area (Å²) in [5.41, 5.74) is 1.08. The summed E-state index contributed by atoms with van der Waals surface area (Å²) >= 11 is 6.16. The van der Waals surface area contributed by atoms with Crippen LogP contribution >= 0.6 is 11.6 Å². The number of nitrogens with zero attached hydrogens (tertiary/aromatic N) is 2. The predicted molar refractivity (Wildman–Crippen MR) is 75.4 cm³/mol. The highest BCUT2D eigenvalue weighted by molar-refractivity contribution is 6.31. The number of aromatic nitrogens is 1. The molecule has 1 saturated heterocycles. The zero-order valence-corrected chi connectivity index (χ0v) is 11.7. The standard InChI is InChI=1S/C15H17ClN2O/c1-18-8-4-7-14(18)15-17-10-12(19-15)9-11-5-2-3-6-13(11)16/h2-3,5-6,10,14H,4,7-9H2,1H3/t14-/m1/s1. The van der Waals surface area contributed by atoms with E-state index in [1.807, 2.05) is 30.5 Å². The van der Waals surface area contributed by atoms with Gasteiger partial charge in [0.2, 0.25) is 5.89 Å². The van der Waals surface area contributed by atoms with Gasteiger partial charge in [-0.3, -0.25) is 4.90 Å². The summed E-state index contributed by atoms with van der Waals surface area (Å²) in [7, 11) is 2.12. The first-order chi connectivity index (χ1) is 9.24. The first-order valence-corrected chi connectivity index (χ1v) is 7.00. The van der Waals surface area contributed by atoms with Crippen molar-refractivity contribution in [2.24, 2.45) is 0 Å². The third-order valence-corrected chi connectivity index (χ3v) is 4.07. The first-order valence-electron chi connectivity index (χ1n) is 6.62. The molecule has 0 N–H and O–H groups in total. The average Bonchev–Trinajstić information content (AvgIpc) is 3.01. The average molecular weight is 277 g/mol. The van der Waals surface area contributed by atoms with Gasteiger partial charge < -0.3 is 4.42 Å². The van der Waals surface area contributed by atoms with Crippen LogP contribution < -0.4 is 0 Å². The van der Waals surface area contributed by atoms with Gasteiger partial charge in [-0.2, -0.15) is 0 Å². The lowest BCUT2D eigenvalue weighted by atomic mass is 10.1. The maximum absolute atomic E-state index is 6.16. The zero-order chi connectivity index (χ0) is 13.2. The number of hydrogen-bond donors (Lipinski definition) is 0. The summed E-state index contributed by atoms with van der Waals surface area (Å²) in [6.07, 6.45) is 4.86. The molecule has 0 saturated carbocycles. The maximum atomic E-state index is 6.16. The Morgan fingerprint density at radius 1 is 1.42 bits per heavy atom. The maximum Gasteiger partial charge on any atom is 0.211 e. The van der Waals surface area contributed by atoms with E-state index in [9.17, 15) is 0 Å². The summed E-state index contributed by atoms with van der Waals surface area (Å²) in [4.78, 5) is 6.72. The summed E-state index contributed by atoms with van der Waals surface area (Å²) in [6, 6.07) is 8.18. The van der Waals surface area contributed by atoms with E-state index in [1.54, 1.807) is 0 Å². The molecule has 1 aliphatic rings. The number of likely N-dealkylation sites (tertiary alicyclic amines) is 1. The summed E-state index contributed by atoms with van der Waals surface area (Å²) in [6.45, 7) is 1.12. The monoisotopic (exact) mass is 276 g/mol. The molecule has 100 valence electrons. The Morgan fingerprint density at radius 3 is 3.00 bits per heavy atom. The molecule has 1 fully saturated rings. The number of halogens is 1. The largest absolute Gasteiger partial charge is 0.444 e. The Hall–Kier alpha value is -1.32. The van der Waals surface area contributed by atoms with Crippen LogP contribution in [0.5, 0.6) is 0 Å². The van der Waals surface area contributed by atoms with Crippen molar-refractivity contribution >= 4 is 11.6 Å². The van der Waals surface area contributed by atoms with E-state index < -0.39 is 0 Å². The lowest BCUT2D eigenvalue weighted by Crippen LogP contribution is -2.17. The molecule has 4 heteroatoms. The molecule has 1 aliphatic heterocycles. The summed E-state index contributed by atoms with van der Waals surface area (Å²) < 4.78 is 5.89. The predicted octanol–water partition coefficient (Wildman–Crippen LogP) is 3.69.